The van der Waals surface area contributed by atoms with Crippen molar-refractivity contribution in [1.29, 1.82) is 0 Å². The second kappa shape index (κ2) is 7.41. The maximum absolute atomic E-state index is 12.1. The summed E-state index contributed by atoms with van der Waals surface area (Å²) in [5.74, 6) is 0.463. The average molecular weight is 291 g/mol. The van der Waals surface area contributed by atoms with Crippen LogP contribution in [0.5, 0.6) is 0 Å². The normalized spacial score (nSPS) is 22.1. The number of ether oxygens (including phenoxy) is 1. The van der Waals surface area contributed by atoms with E-state index in [2.05, 4.69) is 29.0 Å². The number of piperazine rings is 1. The van der Waals surface area contributed by atoms with E-state index in [-0.39, 0.29) is 5.97 Å². The predicted molar refractivity (Wildman–Crippen MR) is 83.7 cm³/mol. The molecule has 0 bridgehead atoms. The fraction of sp³-hybridized carbons (Fsp3) is 0.625. The molecule has 1 fully saturated rings. The molecule has 0 spiro atoms. The lowest BCUT2D eigenvalue weighted by Crippen LogP contribution is -2.56. The Bertz CT molecular complexity index is 478. The monoisotopic (exact) mass is 291 g/mol. The second-order valence-electron chi connectivity index (χ2n) is 5.32. The van der Waals surface area contributed by atoms with Gasteiger partial charge in [-0.3, -0.25) is 0 Å². The Balaban J connectivity index is 2.31. The first-order chi connectivity index (χ1) is 10.2. The SMILES string of the molecule is CCOC(=O)c1cccnc1N1CC(CC)NCC1CC. The first kappa shape index (κ1) is 15.8. The lowest BCUT2D eigenvalue weighted by Gasteiger charge is -2.41. The molecular weight excluding hydrogens is 266 g/mol. The molecule has 2 heterocycles. The summed E-state index contributed by atoms with van der Waals surface area (Å²) < 4.78 is 5.16. The van der Waals surface area contributed by atoms with E-state index in [1.165, 1.54) is 0 Å². The van der Waals surface area contributed by atoms with Crippen LogP contribution in [-0.2, 0) is 4.74 Å². The number of aromatic nitrogens is 1. The van der Waals surface area contributed by atoms with Crippen molar-refractivity contribution in [3.63, 3.8) is 0 Å². The number of anilines is 1. The number of nitrogens with zero attached hydrogens (tertiary/aromatic N) is 2. The minimum absolute atomic E-state index is 0.290. The van der Waals surface area contributed by atoms with Gasteiger partial charge in [0.15, 0.2) is 0 Å². The standard InChI is InChI=1S/C16H25N3O2/c1-4-12-11-19(13(5-2)10-18-12)15-14(8-7-9-17-15)16(20)21-6-3/h7-9,12-13,18H,4-6,10-11H2,1-3H3. The third-order valence-electron chi connectivity index (χ3n) is 4.02. The Kier molecular flexibility index (Phi) is 5.56. The molecule has 1 aromatic rings. The van der Waals surface area contributed by atoms with E-state index in [9.17, 15) is 4.79 Å². The maximum atomic E-state index is 12.1. The fourth-order valence-electron chi connectivity index (χ4n) is 2.76. The zero-order chi connectivity index (χ0) is 15.2. The molecule has 2 rings (SSSR count). The van der Waals surface area contributed by atoms with E-state index in [4.69, 9.17) is 4.74 Å². The van der Waals surface area contributed by atoms with Crippen molar-refractivity contribution in [3.8, 4) is 0 Å². The van der Waals surface area contributed by atoms with Crippen molar-refractivity contribution in [1.82, 2.24) is 10.3 Å². The van der Waals surface area contributed by atoms with Gasteiger partial charge in [0.25, 0.3) is 0 Å². The highest BCUT2D eigenvalue weighted by Gasteiger charge is 2.29. The molecule has 1 aromatic heterocycles. The molecule has 0 aliphatic carbocycles. The molecule has 0 saturated carbocycles. The van der Waals surface area contributed by atoms with Gasteiger partial charge in [-0.05, 0) is 31.9 Å². The summed E-state index contributed by atoms with van der Waals surface area (Å²) in [5.41, 5.74) is 0.564. The van der Waals surface area contributed by atoms with Crippen LogP contribution in [0.4, 0.5) is 5.82 Å². The van der Waals surface area contributed by atoms with Gasteiger partial charge in [0.1, 0.15) is 11.4 Å². The van der Waals surface area contributed by atoms with Crippen LogP contribution in [0.15, 0.2) is 18.3 Å². The molecule has 2 unspecified atom stereocenters. The smallest absolute Gasteiger partial charge is 0.341 e. The average Bonchev–Trinajstić information content (AvgIpc) is 2.54. The summed E-state index contributed by atoms with van der Waals surface area (Å²) in [5, 5.41) is 3.56. The quantitative estimate of drug-likeness (QED) is 0.843. The highest BCUT2D eigenvalue weighted by molar-refractivity contribution is 5.94. The predicted octanol–water partition coefficient (Wildman–Crippen LogP) is 2.23. The molecule has 1 aliphatic rings. The van der Waals surface area contributed by atoms with Gasteiger partial charge in [-0.1, -0.05) is 13.8 Å². The molecule has 1 N–H and O–H groups in total. The molecule has 1 aliphatic heterocycles. The molecule has 2 atom stereocenters. The van der Waals surface area contributed by atoms with E-state index in [0.717, 1.165) is 31.7 Å². The number of nitrogens with one attached hydrogen (secondary N) is 1. The molecular formula is C16H25N3O2. The molecule has 0 radical (unpaired) electrons. The first-order valence-corrected chi connectivity index (χ1v) is 7.83. The minimum Gasteiger partial charge on any atom is -0.462 e. The van der Waals surface area contributed by atoms with E-state index in [1.807, 2.05) is 6.92 Å². The summed E-state index contributed by atoms with van der Waals surface area (Å²) in [4.78, 5) is 18.9. The Morgan fingerprint density at radius 1 is 1.43 bits per heavy atom. The van der Waals surface area contributed by atoms with Gasteiger partial charge in [-0.15, -0.1) is 0 Å². The van der Waals surface area contributed by atoms with Crippen LogP contribution in [0.2, 0.25) is 0 Å². The van der Waals surface area contributed by atoms with Crippen LogP contribution in [0.1, 0.15) is 44.0 Å². The maximum Gasteiger partial charge on any atom is 0.341 e. The fourth-order valence-corrected chi connectivity index (χ4v) is 2.76. The van der Waals surface area contributed by atoms with Crippen LogP contribution in [0.3, 0.4) is 0 Å². The van der Waals surface area contributed by atoms with Gasteiger partial charge < -0.3 is 15.0 Å². The third kappa shape index (κ3) is 3.53. The van der Waals surface area contributed by atoms with Crippen molar-refractivity contribution < 1.29 is 9.53 Å². The van der Waals surface area contributed by atoms with E-state index in [0.29, 0.717) is 24.3 Å². The first-order valence-electron chi connectivity index (χ1n) is 7.83. The van der Waals surface area contributed by atoms with Crippen LogP contribution in [0, 0.1) is 0 Å². The lowest BCUT2D eigenvalue weighted by molar-refractivity contribution is 0.0526. The van der Waals surface area contributed by atoms with E-state index < -0.39 is 0 Å². The Morgan fingerprint density at radius 3 is 2.90 bits per heavy atom. The molecule has 116 valence electrons. The highest BCUT2D eigenvalue weighted by atomic mass is 16.5. The van der Waals surface area contributed by atoms with E-state index >= 15 is 0 Å². The Hall–Kier alpha value is -1.62. The largest absolute Gasteiger partial charge is 0.462 e. The van der Waals surface area contributed by atoms with Crippen LogP contribution < -0.4 is 10.2 Å². The highest BCUT2D eigenvalue weighted by Crippen LogP contribution is 2.24. The number of esters is 1. The number of carbonyl (C=O) groups is 1. The lowest BCUT2D eigenvalue weighted by atomic mass is 10.0. The van der Waals surface area contributed by atoms with Crippen LogP contribution in [-0.4, -0.2) is 42.7 Å². The molecule has 5 heteroatoms. The van der Waals surface area contributed by atoms with Gasteiger partial charge >= 0.3 is 5.97 Å². The zero-order valence-corrected chi connectivity index (χ0v) is 13.1. The van der Waals surface area contributed by atoms with E-state index in [1.54, 1.807) is 18.3 Å². The second-order valence-corrected chi connectivity index (χ2v) is 5.32. The summed E-state index contributed by atoms with van der Waals surface area (Å²) in [7, 11) is 0. The molecule has 0 amide bonds. The third-order valence-corrected chi connectivity index (χ3v) is 4.02. The number of hydrogen-bond acceptors (Lipinski definition) is 5. The topological polar surface area (TPSA) is 54.5 Å². The van der Waals surface area contributed by atoms with Crippen molar-refractivity contribution >= 4 is 11.8 Å². The van der Waals surface area contributed by atoms with Crippen LogP contribution in [0.25, 0.3) is 0 Å². The van der Waals surface area contributed by atoms with Crippen molar-refractivity contribution in [2.45, 2.75) is 45.7 Å². The van der Waals surface area contributed by atoms with Gasteiger partial charge in [-0.25, -0.2) is 9.78 Å². The molecule has 0 aromatic carbocycles. The zero-order valence-electron chi connectivity index (χ0n) is 13.1. The van der Waals surface area contributed by atoms with Crippen molar-refractivity contribution in [2.75, 3.05) is 24.6 Å². The van der Waals surface area contributed by atoms with Crippen molar-refractivity contribution in [2.24, 2.45) is 0 Å². The van der Waals surface area contributed by atoms with Gasteiger partial charge in [0.05, 0.1) is 6.61 Å². The summed E-state index contributed by atoms with van der Waals surface area (Å²) >= 11 is 0. The Labute approximate surface area is 126 Å². The van der Waals surface area contributed by atoms with Gasteiger partial charge in [0, 0.05) is 31.4 Å². The van der Waals surface area contributed by atoms with Gasteiger partial charge in [0.2, 0.25) is 0 Å². The minimum atomic E-state index is -0.290. The van der Waals surface area contributed by atoms with Gasteiger partial charge in [-0.2, -0.15) is 0 Å². The summed E-state index contributed by atoms with van der Waals surface area (Å²) in [6, 6.07) is 4.38. The molecule has 21 heavy (non-hydrogen) atoms. The van der Waals surface area contributed by atoms with Crippen LogP contribution >= 0.6 is 0 Å². The number of hydrogen-bond donors (Lipinski definition) is 1. The number of carbonyl (C=O) groups excluding carboxylic acids is 1. The Morgan fingerprint density at radius 2 is 2.24 bits per heavy atom. The summed E-state index contributed by atoms with van der Waals surface area (Å²) in [6.07, 6.45) is 3.82. The van der Waals surface area contributed by atoms with Crippen molar-refractivity contribution in [3.05, 3.63) is 23.9 Å². The molecule has 5 nitrogen and oxygen atoms in total. The molecule has 1 saturated heterocycles. The number of rotatable bonds is 5. The number of pyridine rings is 1. The summed E-state index contributed by atoms with van der Waals surface area (Å²) in [6.45, 7) is 8.34.